The molecule has 0 saturated heterocycles. The van der Waals surface area contributed by atoms with E-state index in [2.05, 4.69) is 24.1 Å². The highest BCUT2D eigenvalue weighted by Gasteiger charge is 2.28. The van der Waals surface area contributed by atoms with Crippen molar-refractivity contribution >= 4 is 33.9 Å². The van der Waals surface area contributed by atoms with Gasteiger partial charge in [0.15, 0.2) is 0 Å². The minimum Gasteiger partial charge on any atom is -0.465 e. The Kier molecular flexibility index (Phi) is 6.02. The molecule has 1 amide bonds. The Balaban J connectivity index is 3.40. The van der Waals surface area contributed by atoms with E-state index in [-0.39, 0.29) is 16.5 Å². The van der Waals surface area contributed by atoms with Crippen LogP contribution in [0.15, 0.2) is 0 Å². The molecule has 1 aromatic heterocycles. The van der Waals surface area contributed by atoms with Gasteiger partial charge in [-0.1, -0.05) is 13.8 Å². The van der Waals surface area contributed by atoms with Gasteiger partial charge in [0, 0.05) is 20.1 Å². The number of hydrogen-bond donors (Lipinski definition) is 2. The maximum atomic E-state index is 12.1. The topological polar surface area (TPSA) is 84.7 Å². The number of nitrogen functional groups attached to an aromatic ring is 1. The van der Waals surface area contributed by atoms with Gasteiger partial charge in [-0.15, -0.1) is 11.3 Å². The number of ether oxygens (including phenoxy) is 1. The van der Waals surface area contributed by atoms with Crippen molar-refractivity contribution in [2.24, 2.45) is 5.92 Å². The van der Waals surface area contributed by atoms with E-state index < -0.39 is 5.97 Å². The van der Waals surface area contributed by atoms with Gasteiger partial charge in [-0.2, -0.15) is 0 Å². The zero-order chi connectivity index (χ0) is 16.2. The summed E-state index contributed by atoms with van der Waals surface area (Å²) in [6.07, 6.45) is 0. The first-order chi connectivity index (χ1) is 9.87. The molecule has 0 aliphatic rings. The van der Waals surface area contributed by atoms with Crippen molar-refractivity contribution in [1.82, 2.24) is 5.32 Å². The second kappa shape index (κ2) is 7.31. The molecule has 0 unspecified atom stereocenters. The normalized spacial score (nSPS) is 10.6. The van der Waals surface area contributed by atoms with E-state index in [9.17, 15) is 9.59 Å². The van der Waals surface area contributed by atoms with Crippen LogP contribution in [-0.2, 0) is 4.74 Å². The van der Waals surface area contributed by atoms with Gasteiger partial charge < -0.3 is 20.7 Å². The van der Waals surface area contributed by atoms with Gasteiger partial charge in [-0.3, -0.25) is 4.79 Å². The summed E-state index contributed by atoms with van der Waals surface area (Å²) in [4.78, 5) is 26.3. The second-order valence-electron chi connectivity index (χ2n) is 5.03. The second-order valence-corrected chi connectivity index (χ2v) is 6.03. The number of nitrogens with two attached hydrogens (primary N) is 1. The summed E-state index contributed by atoms with van der Waals surface area (Å²) < 4.78 is 4.73. The molecule has 21 heavy (non-hydrogen) atoms. The molecule has 0 bridgehead atoms. The van der Waals surface area contributed by atoms with Gasteiger partial charge in [0.05, 0.1) is 18.4 Å². The first kappa shape index (κ1) is 17.3. The molecular weight excluding hydrogens is 290 g/mol. The lowest BCUT2D eigenvalue weighted by Gasteiger charge is -2.24. The third-order valence-corrected chi connectivity index (χ3v) is 4.25. The van der Waals surface area contributed by atoms with Crippen LogP contribution in [0.25, 0.3) is 0 Å². The van der Waals surface area contributed by atoms with Crippen molar-refractivity contribution in [3.8, 4) is 0 Å². The number of nitrogens with zero attached hydrogens (tertiary/aromatic N) is 1. The summed E-state index contributed by atoms with van der Waals surface area (Å²) in [5, 5.41) is 3.29. The Bertz CT molecular complexity index is 526. The summed E-state index contributed by atoms with van der Waals surface area (Å²) >= 11 is 1.20. The lowest BCUT2D eigenvalue weighted by atomic mass is 10.1. The van der Waals surface area contributed by atoms with Crippen molar-refractivity contribution in [1.29, 1.82) is 0 Å². The number of methoxy groups -OCH3 is 1. The molecule has 0 aliphatic heterocycles. The fraction of sp³-hybridized carbons (Fsp3) is 0.571. The van der Waals surface area contributed by atoms with E-state index in [1.54, 1.807) is 7.05 Å². The van der Waals surface area contributed by atoms with Gasteiger partial charge in [-0.05, 0) is 12.8 Å². The lowest BCUT2D eigenvalue weighted by Crippen LogP contribution is -2.29. The average molecular weight is 313 g/mol. The number of rotatable bonds is 6. The number of hydrogen-bond acceptors (Lipinski definition) is 6. The van der Waals surface area contributed by atoms with Gasteiger partial charge in [0.1, 0.15) is 9.88 Å². The summed E-state index contributed by atoms with van der Waals surface area (Å²) in [6.45, 7) is 7.70. The molecule has 1 heterocycles. The van der Waals surface area contributed by atoms with E-state index in [1.165, 1.54) is 18.4 Å². The Hall–Kier alpha value is -1.76. The first-order valence-corrected chi connectivity index (χ1v) is 7.66. The van der Waals surface area contributed by atoms with Gasteiger partial charge in [0.2, 0.25) is 0 Å². The van der Waals surface area contributed by atoms with Crippen molar-refractivity contribution in [3.05, 3.63) is 10.4 Å². The molecule has 0 radical (unpaired) electrons. The molecule has 0 spiro atoms. The largest absolute Gasteiger partial charge is 0.465 e. The van der Waals surface area contributed by atoms with Crippen LogP contribution in [0, 0.1) is 5.92 Å². The van der Waals surface area contributed by atoms with E-state index in [0.717, 1.165) is 13.1 Å². The van der Waals surface area contributed by atoms with E-state index in [0.29, 0.717) is 16.5 Å². The standard InChI is InChI=1S/C14H23N3O3S/c1-6-17(7-8(2)3)13-9(12(18)16-4)10(15)11(21-13)14(19)20-5/h8H,6-7,15H2,1-5H3,(H,16,18). The summed E-state index contributed by atoms with van der Waals surface area (Å²) in [5.74, 6) is -0.391. The zero-order valence-corrected chi connectivity index (χ0v) is 14.0. The third-order valence-electron chi connectivity index (χ3n) is 3.01. The lowest BCUT2D eigenvalue weighted by molar-refractivity contribution is 0.0607. The molecule has 0 aromatic carbocycles. The SMILES string of the molecule is CCN(CC(C)C)c1sc(C(=O)OC)c(N)c1C(=O)NC. The predicted octanol–water partition coefficient (Wildman–Crippen LogP) is 1.96. The summed E-state index contributed by atoms with van der Waals surface area (Å²) in [5.41, 5.74) is 6.54. The molecule has 1 rings (SSSR count). The Labute approximate surface area is 129 Å². The third kappa shape index (κ3) is 3.66. The van der Waals surface area contributed by atoms with Crippen molar-refractivity contribution in [3.63, 3.8) is 0 Å². The predicted molar refractivity (Wildman–Crippen MR) is 86.2 cm³/mol. The summed E-state index contributed by atoms with van der Waals surface area (Å²) in [7, 11) is 2.84. The number of esters is 1. The van der Waals surface area contributed by atoms with Crippen LogP contribution in [0.5, 0.6) is 0 Å². The van der Waals surface area contributed by atoms with Crippen LogP contribution in [0.2, 0.25) is 0 Å². The smallest absolute Gasteiger partial charge is 0.350 e. The fourth-order valence-corrected chi connectivity index (χ4v) is 3.25. The van der Waals surface area contributed by atoms with E-state index >= 15 is 0 Å². The molecule has 3 N–H and O–H groups in total. The molecule has 1 aromatic rings. The molecule has 118 valence electrons. The quantitative estimate of drug-likeness (QED) is 0.784. The van der Waals surface area contributed by atoms with Crippen LogP contribution in [0.4, 0.5) is 10.7 Å². The van der Waals surface area contributed by atoms with Crippen LogP contribution < -0.4 is 16.0 Å². The van der Waals surface area contributed by atoms with Crippen molar-refractivity contribution in [2.45, 2.75) is 20.8 Å². The number of carbonyl (C=O) groups excluding carboxylic acids is 2. The molecule has 0 saturated carbocycles. The maximum absolute atomic E-state index is 12.1. The fourth-order valence-electron chi connectivity index (χ4n) is 2.04. The van der Waals surface area contributed by atoms with E-state index in [1.807, 2.05) is 6.92 Å². The Morgan fingerprint density at radius 3 is 2.48 bits per heavy atom. The average Bonchev–Trinajstić information content (AvgIpc) is 2.80. The van der Waals surface area contributed by atoms with Crippen molar-refractivity contribution < 1.29 is 14.3 Å². The number of nitrogens with one attached hydrogen (secondary N) is 1. The number of amides is 1. The summed E-state index contributed by atoms with van der Waals surface area (Å²) in [6, 6.07) is 0. The number of carbonyl (C=O) groups is 2. The number of thiophene rings is 1. The highest BCUT2D eigenvalue weighted by molar-refractivity contribution is 7.19. The number of anilines is 2. The highest BCUT2D eigenvalue weighted by Crippen LogP contribution is 2.39. The molecule has 7 heteroatoms. The molecule has 6 nitrogen and oxygen atoms in total. The molecule has 0 aliphatic carbocycles. The van der Waals surface area contributed by atoms with Gasteiger partial charge in [0.25, 0.3) is 5.91 Å². The first-order valence-electron chi connectivity index (χ1n) is 6.84. The van der Waals surface area contributed by atoms with Crippen molar-refractivity contribution in [2.75, 3.05) is 37.9 Å². The van der Waals surface area contributed by atoms with E-state index in [4.69, 9.17) is 10.5 Å². The minimum atomic E-state index is -0.519. The molecular formula is C14H23N3O3S. The van der Waals surface area contributed by atoms with Crippen LogP contribution in [-0.4, -0.2) is 39.1 Å². The highest BCUT2D eigenvalue weighted by atomic mass is 32.1. The van der Waals surface area contributed by atoms with Gasteiger partial charge in [-0.25, -0.2) is 4.79 Å². The van der Waals surface area contributed by atoms with Crippen LogP contribution in [0.1, 0.15) is 40.8 Å². The van der Waals surface area contributed by atoms with Crippen LogP contribution >= 0.6 is 11.3 Å². The monoisotopic (exact) mass is 313 g/mol. The zero-order valence-electron chi connectivity index (χ0n) is 13.1. The minimum absolute atomic E-state index is 0.184. The Morgan fingerprint density at radius 1 is 1.43 bits per heavy atom. The molecule has 0 fully saturated rings. The Morgan fingerprint density at radius 2 is 2.05 bits per heavy atom. The van der Waals surface area contributed by atoms with Gasteiger partial charge >= 0.3 is 5.97 Å². The molecule has 0 atom stereocenters. The maximum Gasteiger partial charge on any atom is 0.350 e. The van der Waals surface area contributed by atoms with Crippen LogP contribution in [0.3, 0.4) is 0 Å².